The molecule has 1 aromatic rings. The summed E-state index contributed by atoms with van der Waals surface area (Å²) in [5, 5.41) is 0. The first-order valence-corrected chi connectivity index (χ1v) is 3.68. The van der Waals surface area contributed by atoms with Gasteiger partial charge in [0.1, 0.15) is 0 Å². The van der Waals surface area contributed by atoms with Crippen molar-refractivity contribution in [3.05, 3.63) is 31.1 Å². The van der Waals surface area contributed by atoms with E-state index in [9.17, 15) is 4.79 Å². The zero-order chi connectivity index (χ0) is 9.40. The fourth-order valence-electron chi connectivity index (χ4n) is 0.553. The fourth-order valence-corrected chi connectivity index (χ4v) is 0.553. The van der Waals surface area contributed by atoms with Crippen LogP contribution in [0.3, 0.4) is 0 Å². The molecule has 0 radical (unpaired) electrons. The number of carbonyl (C=O) groups is 1. The van der Waals surface area contributed by atoms with Crippen molar-refractivity contribution in [3.63, 3.8) is 0 Å². The van der Waals surface area contributed by atoms with Crippen molar-refractivity contribution < 1.29 is 33.4 Å². The normalized spacial score (nSPS) is 7.62. The van der Waals surface area contributed by atoms with Gasteiger partial charge in [0, 0.05) is 0 Å². The van der Waals surface area contributed by atoms with E-state index in [0.29, 0.717) is 6.61 Å². The molecule has 0 atom stereocenters. The van der Waals surface area contributed by atoms with Gasteiger partial charge in [-0.15, -0.1) is 6.07 Å². The SMILES string of the molecule is CCOC(=O)c1cc[c-]o1.[CH2-]C.[Zn+2]. The van der Waals surface area contributed by atoms with Crippen LogP contribution in [-0.4, -0.2) is 12.6 Å². The third-order valence-electron chi connectivity index (χ3n) is 0.948. The molecule has 0 fully saturated rings. The Morgan fingerprint density at radius 2 is 2.31 bits per heavy atom. The molecular formula is C9H12O3Zn. The molecule has 0 aliphatic rings. The van der Waals surface area contributed by atoms with Crippen LogP contribution in [0, 0.1) is 13.2 Å². The third kappa shape index (κ3) is 5.59. The topological polar surface area (TPSA) is 39.4 Å². The number of ether oxygens (including phenoxy) is 1. The van der Waals surface area contributed by atoms with E-state index in [0.717, 1.165) is 0 Å². The number of esters is 1. The van der Waals surface area contributed by atoms with Gasteiger partial charge in [0.2, 0.25) is 0 Å². The second-order valence-corrected chi connectivity index (χ2v) is 1.64. The van der Waals surface area contributed by atoms with Crippen molar-refractivity contribution >= 4 is 5.97 Å². The Bertz CT molecular complexity index is 207. The molecule has 0 aromatic carbocycles. The summed E-state index contributed by atoms with van der Waals surface area (Å²) in [6, 6.07) is 3.03. The zero-order valence-corrected chi connectivity index (χ0v) is 11.0. The van der Waals surface area contributed by atoms with E-state index in [1.807, 2.05) is 0 Å². The predicted molar refractivity (Wildman–Crippen MR) is 44.5 cm³/mol. The van der Waals surface area contributed by atoms with Gasteiger partial charge in [-0.1, -0.05) is 0 Å². The van der Waals surface area contributed by atoms with E-state index < -0.39 is 5.97 Å². The molecule has 1 aromatic heterocycles. The van der Waals surface area contributed by atoms with Crippen molar-refractivity contribution in [2.24, 2.45) is 0 Å². The molecule has 0 saturated carbocycles. The van der Waals surface area contributed by atoms with Gasteiger partial charge in [0.05, 0.1) is 12.4 Å². The molecule has 1 rings (SSSR count). The van der Waals surface area contributed by atoms with Crippen LogP contribution in [0.15, 0.2) is 16.5 Å². The fraction of sp³-hybridized carbons (Fsp3) is 0.333. The summed E-state index contributed by atoms with van der Waals surface area (Å²) in [5.41, 5.74) is 0. The quantitative estimate of drug-likeness (QED) is 0.446. The first kappa shape index (κ1) is 14.9. The number of hydrogen-bond donors (Lipinski definition) is 0. The molecule has 0 unspecified atom stereocenters. The monoisotopic (exact) mass is 232 g/mol. The van der Waals surface area contributed by atoms with Crippen molar-refractivity contribution in [2.45, 2.75) is 13.8 Å². The molecular weight excluding hydrogens is 221 g/mol. The minimum Gasteiger partial charge on any atom is -0.585 e. The average molecular weight is 234 g/mol. The summed E-state index contributed by atoms with van der Waals surface area (Å²) in [6.07, 6.45) is 2.39. The van der Waals surface area contributed by atoms with Crippen LogP contribution in [0.2, 0.25) is 0 Å². The van der Waals surface area contributed by atoms with Crippen molar-refractivity contribution in [3.8, 4) is 0 Å². The summed E-state index contributed by atoms with van der Waals surface area (Å²) in [6.45, 7) is 7.10. The molecule has 0 N–H and O–H groups in total. The van der Waals surface area contributed by atoms with Crippen molar-refractivity contribution in [1.29, 1.82) is 0 Å². The van der Waals surface area contributed by atoms with Crippen LogP contribution in [0.4, 0.5) is 0 Å². The molecule has 0 spiro atoms. The smallest absolute Gasteiger partial charge is 0.585 e. The van der Waals surface area contributed by atoms with Crippen LogP contribution >= 0.6 is 0 Å². The molecule has 0 aliphatic heterocycles. The van der Waals surface area contributed by atoms with E-state index in [2.05, 4.69) is 22.3 Å². The third-order valence-corrected chi connectivity index (χ3v) is 0.948. The van der Waals surface area contributed by atoms with Crippen LogP contribution in [0.5, 0.6) is 0 Å². The first-order chi connectivity index (χ1) is 5.84. The Hall–Kier alpha value is -0.627. The maximum absolute atomic E-state index is 10.8. The van der Waals surface area contributed by atoms with Crippen LogP contribution in [0.25, 0.3) is 0 Å². The minimum absolute atomic E-state index is 0. The maximum Gasteiger partial charge on any atom is 2.00 e. The van der Waals surface area contributed by atoms with Gasteiger partial charge < -0.3 is 16.1 Å². The van der Waals surface area contributed by atoms with Gasteiger partial charge in [-0.05, 0) is 13.2 Å². The van der Waals surface area contributed by atoms with Gasteiger partial charge in [-0.25, -0.2) is 0 Å². The second kappa shape index (κ2) is 9.46. The molecule has 4 heteroatoms. The average Bonchev–Trinajstić information content (AvgIpc) is 2.60. The van der Waals surface area contributed by atoms with Gasteiger partial charge in [-0.2, -0.15) is 13.0 Å². The van der Waals surface area contributed by atoms with E-state index in [-0.39, 0.29) is 25.2 Å². The predicted octanol–water partition coefficient (Wildman–Crippen LogP) is 2.09. The standard InChI is InChI=1S/C7H7O3.C2H5.Zn/c1-2-9-7(8)6-4-3-5-10-6;1-2;/h3-4H,2H2,1H3;1H2,2H3;/q2*-1;+2. The molecule has 0 amide bonds. The molecule has 0 aliphatic carbocycles. The number of carbonyl (C=O) groups excluding carboxylic acids is 1. The summed E-state index contributed by atoms with van der Waals surface area (Å²) in [5.74, 6) is -0.245. The van der Waals surface area contributed by atoms with Gasteiger partial charge in [0.25, 0.3) is 0 Å². The van der Waals surface area contributed by atoms with E-state index in [4.69, 9.17) is 0 Å². The Kier molecular flexibility index (Phi) is 10.8. The number of rotatable bonds is 2. The number of furan rings is 1. The van der Waals surface area contributed by atoms with E-state index in [1.165, 1.54) is 12.1 Å². The maximum atomic E-state index is 10.8. The van der Waals surface area contributed by atoms with E-state index in [1.54, 1.807) is 13.8 Å². The molecule has 0 bridgehead atoms. The Morgan fingerprint density at radius 1 is 1.69 bits per heavy atom. The Labute approximate surface area is 91.2 Å². The first-order valence-electron chi connectivity index (χ1n) is 3.68. The largest absolute Gasteiger partial charge is 2.00 e. The zero-order valence-electron chi connectivity index (χ0n) is 8.00. The van der Waals surface area contributed by atoms with Gasteiger partial charge >= 0.3 is 25.4 Å². The summed E-state index contributed by atoms with van der Waals surface area (Å²) >= 11 is 0. The molecule has 13 heavy (non-hydrogen) atoms. The molecule has 1 heterocycles. The van der Waals surface area contributed by atoms with Crippen molar-refractivity contribution in [1.82, 2.24) is 0 Å². The van der Waals surface area contributed by atoms with Crippen LogP contribution in [0.1, 0.15) is 24.4 Å². The molecule has 68 valence electrons. The second-order valence-electron chi connectivity index (χ2n) is 1.64. The summed E-state index contributed by atoms with van der Waals surface area (Å²) < 4.78 is 9.28. The van der Waals surface area contributed by atoms with E-state index >= 15 is 0 Å². The summed E-state index contributed by atoms with van der Waals surface area (Å²) in [7, 11) is 0. The molecule has 0 saturated heterocycles. The minimum atomic E-state index is -0.441. The van der Waals surface area contributed by atoms with Crippen LogP contribution < -0.4 is 0 Å². The van der Waals surface area contributed by atoms with Crippen molar-refractivity contribution in [2.75, 3.05) is 6.61 Å². The Balaban J connectivity index is 0. The number of hydrogen-bond acceptors (Lipinski definition) is 3. The summed E-state index contributed by atoms with van der Waals surface area (Å²) in [4.78, 5) is 10.8. The van der Waals surface area contributed by atoms with Gasteiger partial charge in [-0.3, -0.25) is 4.79 Å². The Morgan fingerprint density at radius 3 is 2.69 bits per heavy atom. The molecule has 3 nitrogen and oxygen atoms in total. The van der Waals surface area contributed by atoms with Crippen LogP contribution in [-0.2, 0) is 24.2 Å². The van der Waals surface area contributed by atoms with Gasteiger partial charge in [0.15, 0.2) is 0 Å².